The predicted octanol–water partition coefficient (Wildman–Crippen LogP) is 3.39. The fraction of sp³-hybridized carbons (Fsp3) is 0.300. The van der Waals surface area contributed by atoms with Gasteiger partial charge < -0.3 is 18.8 Å². The van der Waals surface area contributed by atoms with Crippen molar-refractivity contribution in [3.63, 3.8) is 0 Å². The lowest BCUT2D eigenvalue weighted by Gasteiger charge is -2.23. The molecule has 2 aromatic carbocycles. The lowest BCUT2D eigenvalue weighted by Crippen LogP contribution is -2.36. The summed E-state index contributed by atoms with van der Waals surface area (Å²) in [5, 5.41) is 0. The average molecular weight is 384 g/mol. The van der Waals surface area contributed by atoms with Gasteiger partial charge in [-0.3, -0.25) is 4.79 Å². The summed E-state index contributed by atoms with van der Waals surface area (Å²) in [6, 6.07) is 13.2. The van der Waals surface area contributed by atoms with E-state index in [4.69, 9.17) is 14.2 Å². The maximum atomic E-state index is 12.7. The van der Waals surface area contributed by atoms with E-state index in [0.29, 0.717) is 16.3 Å². The Balaban J connectivity index is 1.69. The highest BCUT2D eigenvalue weighted by Gasteiger charge is 2.27. The van der Waals surface area contributed by atoms with Crippen LogP contribution in [0.25, 0.3) is 10.2 Å². The molecule has 27 heavy (non-hydrogen) atoms. The number of para-hydroxylation sites is 2. The number of hydrogen-bond acceptors (Lipinski definition) is 5. The van der Waals surface area contributed by atoms with Gasteiger partial charge in [-0.1, -0.05) is 30.4 Å². The van der Waals surface area contributed by atoms with Gasteiger partial charge in [-0.2, -0.15) is 4.99 Å². The van der Waals surface area contributed by atoms with Gasteiger partial charge in [-0.15, -0.1) is 0 Å². The smallest absolute Gasteiger partial charge is 0.292 e. The van der Waals surface area contributed by atoms with E-state index in [9.17, 15) is 4.79 Å². The molecule has 140 valence electrons. The Morgan fingerprint density at radius 3 is 2.89 bits per heavy atom. The molecule has 0 N–H and O–H groups in total. The van der Waals surface area contributed by atoms with Crippen LogP contribution < -0.4 is 19.0 Å². The fourth-order valence-corrected chi connectivity index (χ4v) is 4.10. The van der Waals surface area contributed by atoms with Crippen LogP contribution in [0, 0.1) is 0 Å². The van der Waals surface area contributed by atoms with Gasteiger partial charge in [0.05, 0.1) is 17.3 Å². The van der Waals surface area contributed by atoms with E-state index in [1.807, 2.05) is 36.4 Å². The molecule has 0 saturated carbocycles. The first-order chi connectivity index (χ1) is 13.2. The van der Waals surface area contributed by atoms with Crippen molar-refractivity contribution < 1.29 is 19.0 Å². The molecular formula is C20H20N2O4S. The number of ether oxygens (including phenoxy) is 3. The molecule has 1 aliphatic rings. The summed E-state index contributed by atoms with van der Waals surface area (Å²) in [6.07, 6.45) is 0.199. The maximum absolute atomic E-state index is 12.7. The molecule has 0 unspecified atom stereocenters. The Bertz CT molecular complexity index is 1050. The number of fused-ring (bicyclic) bond motifs is 2. The second-order valence-electron chi connectivity index (χ2n) is 6.18. The molecular weight excluding hydrogens is 364 g/mol. The highest BCUT2D eigenvalue weighted by atomic mass is 32.1. The second kappa shape index (κ2) is 7.44. The number of rotatable bonds is 4. The van der Waals surface area contributed by atoms with E-state index in [-0.39, 0.29) is 12.5 Å². The number of aryl methyl sites for hydroxylation is 1. The third-order valence-electron chi connectivity index (χ3n) is 4.33. The van der Waals surface area contributed by atoms with Crippen LogP contribution >= 0.6 is 11.3 Å². The summed E-state index contributed by atoms with van der Waals surface area (Å²) < 4.78 is 19.8. The predicted molar refractivity (Wildman–Crippen MR) is 104 cm³/mol. The van der Waals surface area contributed by atoms with Crippen LogP contribution in [0.4, 0.5) is 0 Å². The number of amides is 1. The van der Waals surface area contributed by atoms with Crippen molar-refractivity contribution in [2.45, 2.75) is 26.0 Å². The second-order valence-corrected chi connectivity index (χ2v) is 7.19. The zero-order valence-corrected chi connectivity index (χ0v) is 16.0. The Morgan fingerprint density at radius 1 is 1.30 bits per heavy atom. The first kappa shape index (κ1) is 17.6. The summed E-state index contributed by atoms with van der Waals surface area (Å²) in [5.41, 5.74) is 1.04. The zero-order valence-electron chi connectivity index (χ0n) is 15.2. The number of aromatic nitrogens is 1. The minimum absolute atomic E-state index is 0.159. The summed E-state index contributed by atoms with van der Waals surface area (Å²) in [5.74, 6) is 1.66. The summed E-state index contributed by atoms with van der Waals surface area (Å²) in [6.45, 7) is 3.04. The van der Waals surface area contributed by atoms with E-state index >= 15 is 0 Å². The highest BCUT2D eigenvalue weighted by Crippen LogP contribution is 2.31. The Labute approximate surface area is 160 Å². The molecule has 0 bridgehead atoms. The standard InChI is InChI=1S/C20H20N2O4S/c1-3-10-22-14-9-8-13(24-2)11-18(14)27-20(22)21-19(23)17-12-25-15-6-4-5-7-16(15)26-17/h4-9,11,17H,3,10,12H2,1-2H3/t17-/m0/s1. The van der Waals surface area contributed by atoms with E-state index in [0.717, 1.165) is 28.9 Å². The number of nitrogens with zero attached hydrogens (tertiary/aromatic N) is 2. The minimum Gasteiger partial charge on any atom is -0.497 e. The largest absolute Gasteiger partial charge is 0.497 e. The number of carbonyl (C=O) groups excluding carboxylic acids is 1. The maximum Gasteiger partial charge on any atom is 0.292 e. The molecule has 1 aromatic heterocycles. The lowest BCUT2D eigenvalue weighted by molar-refractivity contribution is -0.127. The van der Waals surface area contributed by atoms with Crippen molar-refractivity contribution in [1.82, 2.24) is 4.57 Å². The number of carbonyl (C=O) groups is 1. The first-order valence-corrected chi connectivity index (χ1v) is 9.65. The normalized spacial score (nSPS) is 16.5. The van der Waals surface area contributed by atoms with Crippen LogP contribution in [0.1, 0.15) is 13.3 Å². The summed E-state index contributed by atoms with van der Waals surface area (Å²) in [7, 11) is 1.64. The van der Waals surface area contributed by atoms with Gasteiger partial charge in [0.15, 0.2) is 16.3 Å². The van der Waals surface area contributed by atoms with Crippen LogP contribution in [-0.2, 0) is 11.3 Å². The fourth-order valence-electron chi connectivity index (χ4n) is 3.01. The molecule has 0 spiro atoms. The van der Waals surface area contributed by atoms with Crippen molar-refractivity contribution >= 4 is 27.5 Å². The minimum atomic E-state index is -0.741. The molecule has 0 fully saturated rings. The zero-order chi connectivity index (χ0) is 18.8. The third kappa shape index (κ3) is 3.42. The molecule has 6 nitrogen and oxygen atoms in total. The van der Waals surface area contributed by atoms with Gasteiger partial charge in [0.25, 0.3) is 5.91 Å². The Hall–Kier alpha value is -2.80. The van der Waals surface area contributed by atoms with Crippen LogP contribution in [0.15, 0.2) is 47.5 Å². The molecule has 1 amide bonds. The molecule has 1 atom stereocenters. The van der Waals surface area contributed by atoms with Gasteiger partial charge in [0.1, 0.15) is 12.4 Å². The Morgan fingerprint density at radius 2 is 2.11 bits per heavy atom. The van der Waals surface area contributed by atoms with Crippen LogP contribution in [0.3, 0.4) is 0 Å². The number of hydrogen-bond donors (Lipinski definition) is 0. The third-order valence-corrected chi connectivity index (χ3v) is 5.37. The molecule has 7 heteroatoms. The lowest BCUT2D eigenvalue weighted by atomic mass is 10.2. The van der Waals surface area contributed by atoms with Crippen molar-refractivity contribution in [1.29, 1.82) is 0 Å². The molecule has 4 rings (SSSR count). The summed E-state index contributed by atoms with van der Waals surface area (Å²) in [4.78, 5) is 17.8. The topological polar surface area (TPSA) is 62.1 Å². The number of benzene rings is 2. The summed E-state index contributed by atoms with van der Waals surface area (Å²) >= 11 is 1.47. The van der Waals surface area contributed by atoms with Gasteiger partial charge in [0.2, 0.25) is 6.10 Å². The SMILES string of the molecule is CCCn1c(=NC(=O)[C@@H]2COc3ccccc3O2)sc2cc(OC)ccc21. The van der Waals surface area contributed by atoms with Gasteiger partial charge >= 0.3 is 0 Å². The average Bonchev–Trinajstić information content (AvgIpc) is 3.04. The van der Waals surface area contributed by atoms with Crippen molar-refractivity contribution in [3.05, 3.63) is 47.3 Å². The van der Waals surface area contributed by atoms with E-state index in [1.165, 1.54) is 11.3 Å². The van der Waals surface area contributed by atoms with Gasteiger partial charge in [-0.05, 0) is 36.8 Å². The van der Waals surface area contributed by atoms with E-state index in [2.05, 4.69) is 16.5 Å². The molecule has 2 heterocycles. The quantitative estimate of drug-likeness (QED) is 0.692. The van der Waals surface area contributed by atoms with Crippen molar-refractivity contribution in [2.24, 2.45) is 4.99 Å². The molecule has 0 radical (unpaired) electrons. The van der Waals surface area contributed by atoms with Crippen LogP contribution in [0.2, 0.25) is 0 Å². The highest BCUT2D eigenvalue weighted by molar-refractivity contribution is 7.16. The van der Waals surface area contributed by atoms with Gasteiger partial charge in [-0.25, -0.2) is 0 Å². The Kier molecular flexibility index (Phi) is 4.85. The van der Waals surface area contributed by atoms with Crippen molar-refractivity contribution in [3.8, 4) is 17.2 Å². The van der Waals surface area contributed by atoms with Crippen LogP contribution in [0.5, 0.6) is 17.2 Å². The van der Waals surface area contributed by atoms with E-state index < -0.39 is 6.10 Å². The number of methoxy groups -OCH3 is 1. The molecule has 0 saturated heterocycles. The van der Waals surface area contributed by atoms with Gasteiger partial charge in [0, 0.05) is 6.54 Å². The molecule has 0 aliphatic carbocycles. The van der Waals surface area contributed by atoms with E-state index in [1.54, 1.807) is 13.2 Å². The number of thiazole rings is 1. The molecule has 3 aromatic rings. The molecule has 1 aliphatic heterocycles. The monoisotopic (exact) mass is 384 g/mol. The van der Waals surface area contributed by atoms with Crippen molar-refractivity contribution in [2.75, 3.05) is 13.7 Å². The first-order valence-electron chi connectivity index (χ1n) is 8.84. The van der Waals surface area contributed by atoms with Crippen LogP contribution in [-0.4, -0.2) is 30.3 Å².